The summed E-state index contributed by atoms with van der Waals surface area (Å²) < 4.78 is 13.8. The van der Waals surface area contributed by atoms with Crippen LogP contribution in [0.25, 0.3) is 0 Å². The Balaban J connectivity index is 1.53. The van der Waals surface area contributed by atoms with Crippen molar-refractivity contribution >= 4 is 46.5 Å². The molecule has 0 unspecified atom stereocenters. The molecule has 9 heteroatoms. The van der Waals surface area contributed by atoms with Gasteiger partial charge >= 0.3 is 6.03 Å². The first-order chi connectivity index (χ1) is 12.9. The highest BCUT2D eigenvalue weighted by atomic mass is 35.5. The van der Waals surface area contributed by atoms with E-state index in [4.69, 9.17) is 11.6 Å². The summed E-state index contributed by atoms with van der Waals surface area (Å²) in [7, 11) is 0. The van der Waals surface area contributed by atoms with E-state index < -0.39 is 35.7 Å². The lowest BCUT2D eigenvalue weighted by atomic mass is 9.80. The van der Waals surface area contributed by atoms with E-state index in [0.29, 0.717) is 6.42 Å². The van der Waals surface area contributed by atoms with Crippen molar-refractivity contribution in [3.8, 4) is 0 Å². The second-order valence-electron chi connectivity index (χ2n) is 6.51. The second-order valence-corrected chi connectivity index (χ2v) is 7.95. The fourth-order valence-electron chi connectivity index (χ4n) is 3.61. The molecule has 4 amide bonds. The molecule has 2 N–H and O–H groups in total. The predicted molar refractivity (Wildman–Crippen MR) is 99.2 cm³/mol. The van der Waals surface area contributed by atoms with E-state index in [1.807, 2.05) is 11.4 Å². The lowest BCUT2D eigenvalue weighted by Gasteiger charge is -2.31. The third-order valence-corrected chi connectivity index (χ3v) is 6.06. The molecule has 4 rings (SSSR count). The summed E-state index contributed by atoms with van der Waals surface area (Å²) >= 11 is 7.24. The van der Waals surface area contributed by atoms with Gasteiger partial charge in [-0.3, -0.25) is 14.5 Å². The first-order valence-electron chi connectivity index (χ1n) is 8.36. The number of urea groups is 1. The number of fused-ring (bicyclic) bond motifs is 2. The number of carbonyl (C=O) groups is 3. The van der Waals surface area contributed by atoms with Crippen molar-refractivity contribution in [3.05, 3.63) is 50.9 Å². The van der Waals surface area contributed by atoms with Crippen molar-refractivity contribution < 1.29 is 18.8 Å². The van der Waals surface area contributed by atoms with Gasteiger partial charge in [0.15, 0.2) is 0 Å². The van der Waals surface area contributed by atoms with Crippen molar-refractivity contribution in [2.24, 2.45) is 0 Å². The molecule has 140 valence electrons. The van der Waals surface area contributed by atoms with Crippen molar-refractivity contribution in [3.63, 3.8) is 0 Å². The third kappa shape index (κ3) is 2.98. The molecule has 1 aromatic carbocycles. The molecule has 0 saturated carbocycles. The van der Waals surface area contributed by atoms with E-state index in [1.165, 1.54) is 12.1 Å². The Hall–Kier alpha value is -2.45. The Kier molecular flexibility index (Phi) is 4.39. The van der Waals surface area contributed by atoms with Gasteiger partial charge in [-0.15, -0.1) is 11.3 Å². The van der Waals surface area contributed by atoms with E-state index in [2.05, 4.69) is 10.6 Å². The Morgan fingerprint density at radius 1 is 1.37 bits per heavy atom. The molecule has 1 fully saturated rings. The SMILES string of the molecule is O=C(CN1C(=O)N[C@@]2(CCCc3sccc32)C1=O)Nc1ccc(Cl)cc1F. The largest absolute Gasteiger partial charge is 0.325 e. The van der Waals surface area contributed by atoms with Crippen LogP contribution in [0.1, 0.15) is 23.3 Å². The molecule has 6 nitrogen and oxygen atoms in total. The highest BCUT2D eigenvalue weighted by Gasteiger charge is 2.54. The number of aryl methyl sites for hydroxylation is 1. The highest BCUT2D eigenvalue weighted by Crippen LogP contribution is 2.42. The van der Waals surface area contributed by atoms with Crippen molar-refractivity contribution in [1.29, 1.82) is 0 Å². The maximum absolute atomic E-state index is 13.8. The van der Waals surface area contributed by atoms with Crippen LogP contribution in [0, 0.1) is 5.82 Å². The summed E-state index contributed by atoms with van der Waals surface area (Å²) in [6, 6.07) is 5.06. The summed E-state index contributed by atoms with van der Waals surface area (Å²) in [5.41, 5.74) is -0.357. The van der Waals surface area contributed by atoms with Crippen LogP contribution in [-0.2, 0) is 21.5 Å². The number of nitrogens with one attached hydrogen (secondary N) is 2. The van der Waals surface area contributed by atoms with Crippen molar-refractivity contribution in [2.45, 2.75) is 24.8 Å². The van der Waals surface area contributed by atoms with Crippen molar-refractivity contribution in [1.82, 2.24) is 10.2 Å². The van der Waals surface area contributed by atoms with E-state index in [-0.39, 0.29) is 10.7 Å². The molecule has 0 radical (unpaired) electrons. The van der Waals surface area contributed by atoms with Crippen LogP contribution in [0.2, 0.25) is 5.02 Å². The van der Waals surface area contributed by atoms with E-state index in [1.54, 1.807) is 11.3 Å². The standard InChI is InChI=1S/C18H15ClFN3O3S/c19-10-3-4-13(12(20)8-10)21-15(24)9-23-16(25)18(22-17(23)26)6-1-2-14-11(18)5-7-27-14/h3-5,7-8H,1-2,6,9H2,(H,21,24)(H,22,26)/t18-/m1/s1. The molecule has 1 spiro atoms. The number of nitrogens with zero attached hydrogens (tertiary/aromatic N) is 1. The van der Waals surface area contributed by atoms with Gasteiger partial charge in [0.25, 0.3) is 5.91 Å². The molecule has 1 aromatic heterocycles. The summed E-state index contributed by atoms with van der Waals surface area (Å²) in [6.07, 6.45) is 2.13. The van der Waals surface area contributed by atoms with Crippen LogP contribution in [0.4, 0.5) is 14.9 Å². The molecule has 1 aliphatic heterocycles. The van der Waals surface area contributed by atoms with E-state index >= 15 is 0 Å². The maximum Gasteiger partial charge on any atom is 0.325 e. The molecule has 2 aromatic rings. The molecular weight excluding hydrogens is 393 g/mol. The topological polar surface area (TPSA) is 78.5 Å². The number of hydrogen-bond acceptors (Lipinski definition) is 4. The number of amides is 4. The molecule has 2 aliphatic rings. The third-order valence-electron chi connectivity index (χ3n) is 4.84. The minimum Gasteiger partial charge on any atom is -0.322 e. The smallest absolute Gasteiger partial charge is 0.322 e. The zero-order valence-corrected chi connectivity index (χ0v) is 15.6. The fraction of sp³-hybridized carbons (Fsp3) is 0.278. The average molecular weight is 408 g/mol. The highest BCUT2D eigenvalue weighted by molar-refractivity contribution is 7.10. The fourth-order valence-corrected chi connectivity index (χ4v) is 4.77. The van der Waals surface area contributed by atoms with Crippen LogP contribution in [0.3, 0.4) is 0 Å². The lowest BCUT2D eigenvalue weighted by Crippen LogP contribution is -2.46. The van der Waals surface area contributed by atoms with Gasteiger partial charge in [0.1, 0.15) is 17.9 Å². The normalized spacial score (nSPS) is 21.3. The Labute approximate surface area is 163 Å². The number of thiophene rings is 1. The Morgan fingerprint density at radius 2 is 2.19 bits per heavy atom. The number of rotatable bonds is 3. The van der Waals surface area contributed by atoms with Gasteiger partial charge in [0.2, 0.25) is 5.91 Å². The van der Waals surface area contributed by atoms with E-state index in [9.17, 15) is 18.8 Å². The molecular formula is C18H15ClFN3O3S. The Morgan fingerprint density at radius 3 is 2.96 bits per heavy atom. The van der Waals surface area contributed by atoms with Crippen LogP contribution < -0.4 is 10.6 Å². The number of hydrogen-bond donors (Lipinski definition) is 2. The number of imide groups is 1. The molecule has 1 saturated heterocycles. The first kappa shape index (κ1) is 17.9. The number of benzene rings is 1. The number of anilines is 1. The minimum atomic E-state index is -1.10. The second kappa shape index (κ2) is 6.61. The number of halogens is 2. The molecule has 0 bridgehead atoms. The van der Waals surface area contributed by atoms with Gasteiger partial charge in [-0.05, 0) is 48.9 Å². The lowest BCUT2D eigenvalue weighted by molar-refractivity contribution is -0.134. The summed E-state index contributed by atoms with van der Waals surface area (Å²) in [5.74, 6) is -1.81. The monoisotopic (exact) mass is 407 g/mol. The van der Waals surface area contributed by atoms with Gasteiger partial charge in [0, 0.05) is 15.5 Å². The predicted octanol–water partition coefficient (Wildman–Crippen LogP) is 3.26. The van der Waals surface area contributed by atoms with Gasteiger partial charge < -0.3 is 10.6 Å². The van der Waals surface area contributed by atoms with E-state index in [0.717, 1.165) is 34.2 Å². The molecule has 27 heavy (non-hydrogen) atoms. The molecule has 1 aliphatic carbocycles. The first-order valence-corrected chi connectivity index (χ1v) is 9.62. The van der Waals surface area contributed by atoms with Crippen molar-refractivity contribution in [2.75, 3.05) is 11.9 Å². The van der Waals surface area contributed by atoms with Crippen LogP contribution in [0.15, 0.2) is 29.6 Å². The van der Waals surface area contributed by atoms with Gasteiger partial charge in [-0.2, -0.15) is 0 Å². The quantitative estimate of drug-likeness (QED) is 0.766. The van der Waals surface area contributed by atoms with Gasteiger partial charge in [-0.25, -0.2) is 9.18 Å². The van der Waals surface area contributed by atoms with Gasteiger partial charge in [0.05, 0.1) is 5.69 Å². The summed E-state index contributed by atoms with van der Waals surface area (Å²) in [4.78, 5) is 39.7. The average Bonchev–Trinajstić information content (AvgIpc) is 3.18. The zero-order valence-electron chi connectivity index (χ0n) is 14.1. The maximum atomic E-state index is 13.8. The molecule has 1 atom stereocenters. The summed E-state index contributed by atoms with van der Waals surface area (Å²) in [6.45, 7) is -0.492. The minimum absolute atomic E-state index is 0.0658. The summed E-state index contributed by atoms with van der Waals surface area (Å²) in [5, 5.41) is 7.24. The van der Waals surface area contributed by atoms with Crippen LogP contribution >= 0.6 is 22.9 Å². The van der Waals surface area contributed by atoms with Crippen LogP contribution in [-0.4, -0.2) is 29.3 Å². The molecule has 2 heterocycles. The zero-order chi connectivity index (χ0) is 19.2. The van der Waals surface area contributed by atoms with Crippen LogP contribution in [0.5, 0.6) is 0 Å². The number of carbonyl (C=O) groups excluding carboxylic acids is 3. The van der Waals surface area contributed by atoms with Gasteiger partial charge in [-0.1, -0.05) is 11.6 Å². The Bertz CT molecular complexity index is 963.